The predicted octanol–water partition coefficient (Wildman–Crippen LogP) is 2.93. The van der Waals surface area contributed by atoms with Gasteiger partial charge in [0.1, 0.15) is 18.1 Å². The maximum absolute atomic E-state index is 12.0. The van der Waals surface area contributed by atoms with E-state index in [9.17, 15) is 4.79 Å². The molecule has 2 rings (SSSR count). The minimum Gasteiger partial charge on any atom is -0.492 e. The molecule has 1 heterocycles. The van der Waals surface area contributed by atoms with Crippen molar-refractivity contribution >= 4 is 23.2 Å². The number of anilines is 1. The standard InChI is InChI=1S/C16H18ClN3O2/c1-20(2)9-10-22-14-5-3-13(4-6-14)19-16(21)15-11-12(17)7-8-18-15/h3-8,11H,9-10H2,1-2H3,(H,19,21). The maximum atomic E-state index is 12.0. The fourth-order valence-corrected chi connectivity index (χ4v) is 1.86. The molecule has 0 saturated heterocycles. The zero-order valence-electron chi connectivity index (χ0n) is 12.5. The van der Waals surface area contributed by atoms with Gasteiger partial charge in [0.05, 0.1) is 0 Å². The third kappa shape index (κ3) is 5.02. The van der Waals surface area contributed by atoms with Crippen LogP contribution in [0.2, 0.25) is 5.02 Å². The summed E-state index contributed by atoms with van der Waals surface area (Å²) in [5, 5.41) is 3.24. The Morgan fingerprint density at radius 2 is 2.00 bits per heavy atom. The summed E-state index contributed by atoms with van der Waals surface area (Å²) < 4.78 is 5.59. The number of likely N-dealkylation sites (N-methyl/N-ethyl adjacent to an activating group) is 1. The molecule has 0 saturated carbocycles. The van der Waals surface area contributed by atoms with E-state index in [1.165, 1.54) is 12.3 Å². The second-order valence-electron chi connectivity index (χ2n) is 4.99. The van der Waals surface area contributed by atoms with Crippen LogP contribution >= 0.6 is 11.6 Å². The molecule has 0 radical (unpaired) electrons. The summed E-state index contributed by atoms with van der Waals surface area (Å²) in [6.07, 6.45) is 1.50. The first-order chi connectivity index (χ1) is 10.5. The highest BCUT2D eigenvalue weighted by molar-refractivity contribution is 6.30. The lowest BCUT2D eigenvalue weighted by atomic mass is 10.3. The molecular formula is C16H18ClN3O2. The van der Waals surface area contributed by atoms with E-state index in [-0.39, 0.29) is 11.6 Å². The molecule has 22 heavy (non-hydrogen) atoms. The molecule has 0 atom stereocenters. The van der Waals surface area contributed by atoms with Crippen LogP contribution in [-0.4, -0.2) is 43.0 Å². The van der Waals surface area contributed by atoms with Gasteiger partial charge in [-0.15, -0.1) is 0 Å². The summed E-state index contributed by atoms with van der Waals surface area (Å²) in [5.74, 6) is 0.463. The average Bonchev–Trinajstić information content (AvgIpc) is 2.48. The number of benzene rings is 1. The van der Waals surface area contributed by atoms with Crippen LogP contribution in [0.3, 0.4) is 0 Å². The van der Waals surface area contributed by atoms with E-state index in [1.54, 1.807) is 18.2 Å². The maximum Gasteiger partial charge on any atom is 0.274 e. The van der Waals surface area contributed by atoms with Crippen molar-refractivity contribution in [3.63, 3.8) is 0 Å². The van der Waals surface area contributed by atoms with Gasteiger partial charge < -0.3 is 15.0 Å². The molecule has 0 aliphatic carbocycles. The quantitative estimate of drug-likeness (QED) is 0.889. The lowest BCUT2D eigenvalue weighted by Gasteiger charge is -2.11. The Labute approximate surface area is 134 Å². The minimum absolute atomic E-state index is 0.277. The molecule has 0 unspecified atom stereocenters. The van der Waals surface area contributed by atoms with Crippen molar-refractivity contribution in [1.82, 2.24) is 9.88 Å². The number of pyridine rings is 1. The first kappa shape index (κ1) is 16.3. The summed E-state index contributed by atoms with van der Waals surface area (Å²) in [5.41, 5.74) is 0.950. The number of hydrogen-bond acceptors (Lipinski definition) is 4. The highest BCUT2D eigenvalue weighted by atomic mass is 35.5. The van der Waals surface area contributed by atoms with E-state index in [2.05, 4.69) is 10.3 Å². The summed E-state index contributed by atoms with van der Waals surface area (Å²) in [6.45, 7) is 1.46. The third-order valence-corrected chi connectivity index (χ3v) is 3.11. The normalized spacial score (nSPS) is 10.5. The summed E-state index contributed by atoms with van der Waals surface area (Å²) in [6, 6.07) is 10.3. The Morgan fingerprint density at radius 1 is 1.27 bits per heavy atom. The van der Waals surface area contributed by atoms with Crippen LogP contribution in [0, 0.1) is 0 Å². The number of rotatable bonds is 6. The van der Waals surface area contributed by atoms with Crippen LogP contribution in [0.1, 0.15) is 10.5 Å². The van der Waals surface area contributed by atoms with Gasteiger partial charge in [-0.3, -0.25) is 9.78 Å². The number of amides is 1. The van der Waals surface area contributed by atoms with E-state index in [1.807, 2.05) is 31.1 Å². The second-order valence-corrected chi connectivity index (χ2v) is 5.43. The number of carbonyl (C=O) groups is 1. The van der Waals surface area contributed by atoms with Gasteiger partial charge in [-0.2, -0.15) is 0 Å². The Kier molecular flexibility index (Phi) is 5.75. The minimum atomic E-state index is -0.302. The molecule has 1 aromatic heterocycles. The largest absolute Gasteiger partial charge is 0.492 e. The van der Waals surface area contributed by atoms with Crippen LogP contribution in [-0.2, 0) is 0 Å². The van der Waals surface area contributed by atoms with Gasteiger partial charge in [0.2, 0.25) is 0 Å². The predicted molar refractivity (Wildman–Crippen MR) is 87.7 cm³/mol. The van der Waals surface area contributed by atoms with Crippen molar-refractivity contribution in [3.8, 4) is 5.75 Å². The van der Waals surface area contributed by atoms with Crippen molar-refractivity contribution < 1.29 is 9.53 Å². The topological polar surface area (TPSA) is 54.5 Å². The monoisotopic (exact) mass is 319 g/mol. The van der Waals surface area contributed by atoms with Crippen molar-refractivity contribution in [2.75, 3.05) is 32.6 Å². The van der Waals surface area contributed by atoms with Crippen LogP contribution in [0.15, 0.2) is 42.6 Å². The molecule has 0 fully saturated rings. The van der Waals surface area contributed by atoms with Crippen molar-refractivity contribution in [3.05, 3.63) is 53.3 Å². The highest BCUT2D eigenvalue weighted by Crippen LogP contribution is 2.17. The Morgan fingerprint density at radius 3 is 2.64 bits per heavy atom. The zero-order chi connectivity index (χ0) is 15.9. The molecule has 0 bridgehead atoms. The van der Waals surface area contributed by atoms with E-state index in [0.717, 1.165) is 12.3 Å². The highest BCUT2D eigenvalue weighted by Gasteiger charge is 2.08. The number of nitrogens with zero attached hydrogens (tertiary/aromatic N) is 2. The van der Waals surface area contributed by atoms with Gasteiger partial charge in [0, 0.05) is 23.5 Å². The SMILES string of the molecule is CN(C)CCOc1ccc(NC(=O)c2cc(Cl)ccn2)cc1. The average molecular weight is 320 g/mol. The molecule has 116 valence electrons. The summed E-state index contributed by atoms with van der Waals surface area (Å²) >= 11 is 5.84. The van der Waals surface area contributed by atoms with Gasteiger partial charge >= 0.3 is 0 Å². The van der Waals surface area contributed by atoms with Crippen molar-refractivity contribution in [2.45, 2.75) is 0 Å². The first-order valence-corrected chi connectivity index (χ1v) is 7.23. The number of halogens is 1. The molecule has 0 aliphatic heterocycles. The van der Waals surface area contributed by atoms with Crippen molar-refractivity contribution in [1.29, 1.82) is 0 Å². The summed E-state index contributed by atoms with van der Waals surface area (Å²) in [7, 11) is 3.98. The van der Waals surface area contributed by atoms with Crippen LogP contribution in [0.25, 0.3) is 0 Å². The molecule has 1 aromatic carbocycles. The molecule has 6 heteroatoms. The Balaban J connectivity index is 1.92. The first-order valence-electron chi connectivity index (χ1n) is 6.85. The molecule has 1 N–H and O–H groups in total. The van der Waals surface area contributed by atoms with Gasteiger partial charge in [-0.05, 0) is 50.5 Å². The molecule has 2 aromatic rings. The lowest BCUT2D eigenvalue weighted by molar-refractivity contribution is 0.102. The lowest BCUT2D eigenvalue weighted by Crippen LogP contribution is -2.19. The number of hydrogen-bond donors (Lipinski definition) is 1. The van der Waals surface area contributed by atoms with Crippen LogP contribution in [0.4, 0.5) is 5.69 Å². The summed E-state index contributed by atoms with van der Waals surface area (Å²) in [4.78, 5) is 18.1. The van der Waals surface area contributed by atoms with Crippen LogP contribution in [0.5, 0.6) is 5.75 Å². The second kappa shape index (κ2) is 7.77. The number of ether oxygens (including phenoxy) is 1. The van der Waals surface area contributed by atoms with Gasteiger partial charge in [0.15, 0.2) is 0 Å². The third-order valence-electron chi connectivity index (χ3n) is 2.87. The van der Waals surface area contributed by atoms with E-state index >= 15 is 0 Å². The number of nitrogens with one attached hydrogen (secondary N) is 1. The van der Waals surface area contributed by atoms with Gasteiger partial charge in [0.25, 0.3) is 5.91 Å². The van der Waals surface area contributed by atoms with Crippen molar-refractivity contribution in [2.24, 2.45) is 0 Å². The molecule has 0 spiro atoms. The van der Waals surface area contributed by atoms with Crippen LogP contribution < -0.4 is 10.1 Å². The zero-order valence-corrected chi connectivity index (χ0v) is 13.3. The fraction of sp³-hybridized carbons (Fsp3) is 0.250. The molecule has 0 aliphatic rings. The van der Waals surface area contributed by atoms with Gasteiger partial charge in [-0.25, -0.2) is 0 Å². The van der Waals surface area contributed by atoms with Gasteiger partial charge in [-0.1, -0.05) is 11.6 Å². The molecule has 5 nitrogen and oxygen atoms in total. The smallest absolute Gasteiger partial charge is 0.274 e. The number of carbonyl (C=O) groups excluding carboxylic acids is 1. The Bertz CT molecular complexity index is 630. The van der Waals surface area contributed by atoms with E-state index in [0.29, 0.717) is 17.3 Å². The molecular weight excluding hydrogens is 302 g/mol. The van der Waals surface area contributed by atoms with E-state index < -0.39 is 0 Å². The molecule has 1 amide bonds. The fourth-order valence-electron chi connectivity index (χ4n) is 1.70. The Hall–Kier alpha value is -2.11. The van der Waals surface area contributed by atoms with E-state index in [4.69, 9.17) is 16.3 Å². The number of aromatic nitrogens is 1.